The standard InChI is InChI=1S/C19H30O4/c1-18-8-12(21)7-13(18)16-14(22)6-10-5-11(20)3-4-19(10,2)17(16)15(23)9-18/h10-14,16-17,20-22H,3-9H2,1-2H3/t10-,11-,12+,13+,14-,16-,17+,18+,19+/m1/s1. The maximum atomic E-state index is 13.1. The lowest BCUT2D eigenvalue weighted by molar-refractivity contribution is -0.179. The van der Waals surface area contributed by atoms with Gasteiger partial charge in [-0.25, -0.2) is 0 Å². The Kier molecular flexibility index (Phi) is 3.51. The second-order valence-electron chi connectivity index (χ2n) is 9.49. The van der Waals surface area contributed by atoms with Crippen LogP contribution in [0.3, 0.4) is 0 Å². The van der Waals surface area contributed by atoms with Crippen molar-refractivity contribution in [2.75, 3.05) is 0 Å². The van der Waals surface area contributed by atoms with E-state index in [1.54, 1.807) is 0 Å². The van der Waals surface area contributed by atoms with Crippen LogP contribution < -0.4 is 0 Å². The molecule has 0 unspecified atom stereocenters. The number of aliphatic hydroxyl groups is 3. The van der Waals surface area contributed by atoms with E-state index in [0.717, 1.165) is 19.3 Å². The zero-order valence-corrected chi connectivity index (χ0v) is 14.2. The van der Waals surface area contributed by atoms with Crippen LogP contribution in [-0.4, -0.2) is 39.4 Å². The smallest absolute Gasteiger partial charge is 0.137 e. The van der Waals surface area contributed by atoms with Gasteiger partial charge in [-0.1, -0.05) is 13.8 Å². The van der Waals surface area contributed by atoms with Crippen LogP contribution in [0.4, 0.5) is 0 Å². The van der Waals surface area contributed by atoms with E-state index in [0.29, 0.717) is 31.5 Å². The van der Waals surface area contributed by atoms with Crippen LogP contribution >= 0.6 is 0 Å². The largest absolute Gasteiger partial charge is 0.393 e. The van der Waals surface area contributed by atoms with Crippen molar-refractivity contribution in [1.29, 1.82) is 0 Å². The molecule has 0 aliphatic heterocycles. The molecule has 0 heterocycles. The Bertz CT molecular complexity index is 519. The molecular weight excluding hydrogens is 292 g/mol. The molecule has 4 fully saturated rings. The lowest BCUT2D eigenvalue weighted by atomic mass is 9.44. The Labute approximate surface area is 138 Å². The first-order valence-corrected chi connectivity index (χ1v) is 9.31. The van der Waals surface area contributed by atoms with Gasteiger partial charge in [0.05, 0.1) is 18.3 Å². The summed E-state index contributed by atoms with van der Waals surface area (Å²) in [4.78, 5) is 13.1. The van der Waals surface area contributed by atoms with Crippen LogP contribution in [0.2, 0.25) is 0 Å². The van der Waals surface area contributed by atoms with E-state index < -0.39 is 6.10 Å². The van der Waals surface area contributed by atoms with Crippen molar-refractivity contribution >= 4 is 5.78 Å². The maximum Gasteiger partial charge on any atom is 0.137 e. The summed E-state index contributed by atoms with van der Waals surface area (Å²) < 4.78 is 0. The first kappa shape index (κ1) is 16.0. The molecule has 0 aromatic carbocycles. The number of Topliss-reactive ketones (excluding diaryl/α,β-unsaturated/α-hetero) is 1. The van der Waals surface area contributed by atoms with Crippen molar-refractivity contribution < 1.29 is 20.1 Å². The Morgan fingerprint density at radius 2 is 1.78 bits per heavy atom. The van der Waals surface area contributed by atoms with Crippen molar-refractivity contribution in [3.05, 3.63) is 0 Å². The van der Waals surface area contributed by atoms with Gasteiger partial charge in [0.2, 0.25) is 0 Å². The summed E-state index contributed by atoms with van der Waals surface area (Å²) in [5.74, 6) is 0.689. The third-order valence-corrected chi connectivity index (χ3v) is 8.08. The Balaban J connectivity index is 1.73. The summed E-state index contributed by atoms with van der Waals surface area (Å²) in [6.45, 7) is 4.35. The fraction of sp³-hybridized carbons (Fsp3) is 0.947. The predicted molar refractivity (Wildman–Crippen MR) is 85.5 cm³/mol. The molecule has 0 saturated heterocycles. The topological polar surface area (TPSA) is 77.8 Å². The van der Waals surface area contributed by atoms with E-state index in [4.69, 9.17) is 0 Å². The zero-order valence-electron chi connectivity index (χ0n) is 14.2. The number of aliphatic hydroxyl groups excluding tert-OH is 3. The molecule has 130 valence electrons. The van der Waals surface area contributed by atoms with E-state index in [-0.39, 0.29) is 46.7 Å². The van der Waals surface area contributed by atoms with Gasteiger partial charge in [0.1, 0.15) is 5.78 Å². The van der Waals surface area contributed by atoms with Crippen LogP contribution in [-0.2, 0) is 4.79 Å². The van der Waals surface area contributed by atoms with Gasteiger partial charge in [0.25, 0.3) is 0 Å². The molecule has 4 aliphatic rings. The molecule has 0 radical (unpaired) electrons. The number of hydrogen-bond donors (Lipinski definition) is 3. The third-order valence-electron chi connectivity index (χ3n) is 8.08. The molecule has 0 aromatic heterocycles. The minimum atomic E-state index is -0.470. The molecule has 0 aromatic rings. The van der Waals surface area contributed by atoms with Crippen LogP contribution in [0.15, 0.2) is 0 Å². The summed E-state index contributed by atoms with van der Waals surface area (Å²) in [6, 6.07) is 0. The summed E-state index contributed by atoms with van der Waals surface area (Å²) in [5.41, 5.74) is -0.231. The number of carbonyl (C=O) groups excluding carboxylic acids is 1. The molecule has 4 heteroatoms. The molecule has 4 nitrogen and oxygen atoms in total. The highest BCUT2D eigenvalue weighted by Crippen LogP contribution is 2.65. The van der Waals surface area contributed by atoms with E-state index >= 15 is 0 Å². The minimum Gasteiger partial charge on any atom is -0.393 e. The quantitative estimate of drug-likeness (QED) is 0.636. The van der Waals surface area contributed by atoms with Crippen molar-refractivity contribution in [3.63, 3.8) is 0 Å². The molecule has 0 amide bonds. The second kappa shape index (κ2) is 5.03. The lowest BCUT2D eigenvalue weighted by Crippen LogP contribution is -2.61. The molecule has 23 heavy (non-hydrogen) atoms. The molecule has 0 bridgehead atoms. The molecule has 9 atom stereocenters. The normalized spacial score (nSPS) is 59.2. The van der Waals surface area contributed by atoms with Gasteiger partial charge in [0, 0.05) is 12.3 Å². The Morgan fingerprint density at radius 1 is 1.04 bits per heavy atom. The Morgan fingerprint density at radius 3 is 2.52 bits per heavy atom. The van der Waals surface area contributed by atoms with E-state index in [1.807, 2.05) is 0 Å². The van der Waals surface area contributed by atoms with Crippen molar-refractivity contribution in [2.24, 2.45) is 34.5 Å². The van der Waals surface area contributed by atoms with Crippen molar-refractivity contribution in [2.45, 2.75) is 77.1 Å². The molecule has 4 rings (SSSR count). The third kappa shape index (κ3) is 2.17. The first-order chi connectivity index (χ1) is 10.7. The van der Waals surface area contributed by atoms with Crippen LogP contribution in [0, 0.1) is 34.5 Å². The minimum absolute atomic E-state index is 0.00473. The Hall–Kier alpha value is -0.450. The molecular formula is C19H30O4. The number of hydrogen-bond acceptors (Lipinski definition) is 4. The lowest BCUT2D eigenvalue weighted by Gasteiger charge is -2.60. The van der Waals surface area contributed by atoms with Gasteiger partial charge in [0.15, 0.2) is 0 Å². The van der Waals surface area contributed by atoms with Gasteiger partial charge in [-0.05, 0) is 67.1 Å². The highest BCUT2D eigenvalue weighted by atomic mass is 16.3. The van der Waals surface area contributed by atoms with Crippen LogP contribution in [0.25, 0.3) is 0 Å². The average molecular weight is 322 g/mol. The van der Waals surface area contributed by atoms with Gasteiger partial charge < -0.3 is 15.3 Å². The highest BCUT2D eigenvalue weighted by molar-refractivity contribution is 5.84. The second-order valence-corrected chi connectivity index (χ2v) is 9.49. The average Bonchev–Trinajstić information content (AvgIpc) is 2.74. The fourth-order valence-corrected chi connectivity index (χ4v) is 7.05. The number of rotatable bonds is 0. The van der Waals surface area contributed by atoms with Crippen LogP contribution in [0.1, 0.15) is 58.8 Å². The first-order valence-electron chi connectivity index (χ1n) is 9.31. The van der Waals surface area contributed by atoms with E-state index in [2.05, 4.69) is 13.8 Å². The summed E-state index contributed by atoms with van der Waals surface area (Å²) in [6.07, 6.45) is 3.95. The van der Waals surface area contributed by atoms with Gasteiger partial charge in [-0.15, -0.1) is 0 Å². The number of fused-ring (bicyclic) bond motifs is 5. The summed E-state index contributed by atoms with van der Waals surface area (Å²) in [7, 11) is 0. The number of carbonyl (C=O) groups is 1. The SMILES string of the molecule is C[C@]12CC(=O)[C@H]3[C@@H]([C@H](O)C[C@H]4C[C@H](O)CC[C@@]43C)[C@@H]1C[C@H](O)C2. The molecule has 3 N–H and O–H groups in total. The summed E-state index contributed by atoms with van der Waals surface area (Å²) in [5, 5.41) is 31.1. The van der Waals surface area contributed by atoms with Crippen LogP contribution in [0.5, 0.6) is 0 Å². The van der Waals surface area contributed by atoms with E-state index in [1.165, 1.54) is 0 Å². The van der Waals surface area contributed by atoms with Crippen molar-refractivity contribution in [3.8, 4) is 0 Å². The highest BCUT2D eigenvalue weighted by Gasteiger charge is 2.64. The van der Waals surface area contributed by atoms with Gasteiger partial charge >= 0.3 is 0 Å². The number of ketones is 1. The summed E-state index contributed by atoms with van der Waals surface area (Å²) >= 11 is 0. The molecule has 4 saturated carbocycles. The fourth-order valence-electron chi connectivity index (χ4n) is 7.05. The molecule has 4 aliphatic carbocycles. The maximum absolute atomic E-state index is 13.1. The van der Waals surface area contributed by atoms with Gasteiger partial charge in [-0.3, -0.25) is 4.79 Å². The van der Waals surface area contributed by atoms with Gasteiger partial charge in [-0.2, -0.15) is 0 Å². The monoisotopic (exact) mass is 322 g/mol. The predicted octanol–water partition coefficient (Wildman–Crippen LogP) is 1.90. The van der Waals surface area contributed by atoms with E-state index in [9.17, 15) is 20.1 Å². The van der Waals surface area contributed by atoms with Crippen molar-refractivity contribution in [1.82, 2.24) is 0 Å². The zero-order chi connectivity index (χ0) is 16.6. The molecule has 0 spiro atoms.